The lowest BCUT2D eigenvalue weighted by Gasteiger charge is -2.28. The molecule has 2 aromatic rings. The smallest absolute Gasteiger partial charge is 0.224 e. The van der Waals surface area contributed by atoms with E-state index in [2.05, 4.69) is 58.5 Å². The van der Waals surface area contributed by atoms with E-state index in [0.29, 0.717) is 17.0 Å². The van der Waals surface area contributed by atoms with Crippen molar-refractivity contribution >= 4 is 34.7 Å². The number of aromatic nitrogens is 2. The third-order valence-electron chi connectivity index (χ3n) is 3.06. The van der Waals surface area contributed by atoms with Crippen molar-refractivity contribution in [2.75, 3.05) is 16.8 Å². The molecule has 0 radical (unpaired) electrons. The first-order chi connectivity index (χ1) is 10.1. The summed E-state index contributed by atoms with van der Waals surface area (Å²) in [7, 11) is 0. The van der Waals surface area contributed by atoms with Crippen molar-refractivity contribution in [2.24, 2.45) is 0 Å². The van der Waals surface area contributed by atoms with Crippen LogP contribution in [0.25, 0.3) is 0 Å². The lowest BCUT2D eigenvalue weighted by Crippen LogP contribution is -2.31. The van der Waals surface area contributed by atoms with E-state index in [9.17, 15) is 0 Å². The third-order valence-corrected chi connectivity index (χ3v) is 4.19. The molecule has 0 aliphatic rings. The molecule has 0 aromatic carbocycles. The number of halogens is 1. The van der Waals surface area contributed by atoms with E-state index in [1.54, 1.807) is 17.5 Å². The van der Waals surface area contributed by atoms with Crippen molar-refractivity contribution in [3.63, 3.8) is 0 Å². The molecule has 0 fully saturated rings. The minimum atomic E-state index is 0.304. The Morgan fingerprint density at radius 2 is 2.24 bits per heavy atom. The van der Waals surface area contributed by atoms with E-state index >= 15 is 0 Å². The molecule has 0 spiro atoms. The van der Waals surface area contributed by atoms with Gasteiger partial charge in [-0.1, -0.05) is 24.6 Å². The van der Waals surface area contributed by atoms with E-state index in [-0.39, 0.29) is 0 Å². The Bertz CT molecular complexity index is 557. The molecule has 114 valence electrons. The molecule has 21 heavy (non-hydrogen) atoms. The maximum absolute atomic E-state index is 6.32. The molecule has 0 saturated carbocycles. The van der Waals surface area contributed by atoms with Crippen molar-refractivity contribution in [1.29, 1.82) is 0 Å². The zero-order valence-corrected chi connectivity index (χ0v) is 14.2. The number of anilines is 2. The second-order valence-electron chi connectivity index (χ2n) is 5.09. The summed E-state index contributed by atoms with van der Waals surface area (Å²) < 4.78 is 0. The summed E-state index contributed by atoms with van der Waals surface area (Å²) in [6, 6.07) is 4.50. The number of nitrogens with zero attached hydrogens (tertiary/aromatic N) is 3. The van der Waals surface area contributed by atoms with Crippen LogP contribution in [0.15, 0.2) is 23.7 Å². The van der Waals surface area contributed by atoms with Crippen LogP contribution in [-0.2, 0) is 6.54 Å². The molecular formula is C15H21ClN4S. The molecule has 0 unspecified atom stereocenters. The molecule has 0 amide bonds. The van der Waals surface area contributed by atoms with Crippen molar-refractivity contribution in [2.45, 2.75) is 39.8 Å². The maximum atomic E-state index is 6.32. The minimum absolute atomic E-state index is 0.304. The predicted molar refractivity (Wildman–Crippen MR) is 91.5 cm³/mol. The Balaban J connectivity index is 2.26. The first-order valence-corrected chi connectivity index (χ1v) is 8.43. The average molecular weight is 325 g/mol. The molecular weight excluding hydrogens is 304 g/mol. The average Bonchev–Trinajstić information content (AvgIpc) is 2.97. The fourth-order valence-corrected chi connectivity index (χ4v) is 2.86. The van der Waals surface area contributed by atoms with Gasteiger partial charge in [0.25, 0.3) is 0 Å². The SMILES string of the molecule is CCCNc1ncc(Cl)c(N(Cc2cccs2)C(C)C)n1. The van der Waals surface area contributed by atoms with Crippen molar-refractivity contribution in [3.8, 4) is 0 Å². The molecule has 0 aliphatic carbocycles. The van der Waals surface area contributed by atoms with Crippen molar-refractivity contribution < 1.29 is 0 Å². The summed E-state index contributed by atoms with van der Waals surface area (Å²) in [5, 5.41) is 5.88. The number of nitrogens with one attached hydrogen (secondary N) is 1. The molecule has 2 rings (SSSR count). The maximum Gasteiger partial charge on any atom is 0.224 e. The van der Waals surface area contributed by atoms with Crippen LogP contribution in [0.3, 0.4) is 0 Å². The molecule has 6 heteroatoms. The summed E-state index contributed by atoms with van der Waals surface area (Å²) in [6.45, 7) is 8.06. The summed E-state index contributed by atoms with van der Waals surface area (Å²) in [6.07, 6.45) is 2.70. The first-order valence-electron chi connectivity index (χ1n) is 7.17. The van der Waals surface area contributed by atoms with Crippen LogP contribution in [0.4, 0.5) is 11.8 Å². The summed E-state index contributed by atoms with van der Waals surface area (Å²) >= 11 is 8.06. The number of rotatable bonds is 7. The zero-order valence-electron chi connectivity index (χ0n) is 12.6. The standard InChI is InChI=1S/C15H21ClN4S/c1-4-7-17-15-18-9-13(16)14(19-15)20(11(2)3)10-12-6-5-8-21-12/h5-6,8-9,11H,4,7,10H2,1-3H3,(H,17,18,19). The second kappa shape index (κ2) is 7.61. The van der Waals surface area contributed by atoms with Gasteiger partial charge in [0.05, 0.1) is 12.7 Å². The summed E-state index contributed by atoms with van der Waals surface area (Å²) in [5.74, 6) is 1.42. The second-order valence-corrected chi connectivity index (χ2v) is 6.53. The van der Waals surface area contributed by atoms with Gasteiger partial charge in [-0.25, -0.2) is 4.98 Å². The van der Waals surface area contributed by atoms with Gasteiger partial charge in [0.2, 0.25) is 5.95 Å². The number of thiophene rings is 1. The highest BCUT2D eigenvalue weighted by Crippen LogP contribution is 2.28. The van der Waals surface area contributed by atoms with Gasteiger partial charge in [0.1, 0.15) is 5.02 Å². The van der Waals surface area contributed by atoms with E-state index < -0.39 is 0 Å². The van der Waals surface area contributed by atoms with Crippen LogP contribution in [0.1, 0.15) is 32.1 Å². The molecule has 0 aliphatic heterocycles. The fourth-order valence-electron chi connectivity index (χ4n) is 1.95. The Kier molecular flexibility index (Phi) is 5.82. The third kappa shape index (κ3) is 4.32. The van der Waals surface area contributed by atoms with Crippen LogP contribution in [0.2, 0.25) is 5.02 Å². The van der Waals surface area contributed by atoms with Gasteiger partial charge in [-0.05, 0) is 31.7 Å². The van der Waals surface area contributed by atoms with Crippen molar-refractivity contribution in [3.05, 3.63) is 33.6 Å². The van der Waals surface area contributed by atoms with E-state index in [0.717, 1.165) is 25.3 Å². The fraction of sp³-hybridized carbons (Fsp3) is 0.467. The quantitative estimate of drug-likeness (QED) is 0.818. The molecule has 0 saturated heterocycles. The normalized spacial score (nSPS) is 10.9. The molecule has 1 N–H and O–H groups in total. The van der Waals surface area contributed by atoms with E-state index in [1.165, 1.54) is 4.88 Å². The highest BCUT2D eigenvalue weighted by molar-refractivity contribution is 7.09. The highest BCUT2D eigenvalue weighted by atomic mass is 35.5. The van der Waals surface area contributed by atoms with E-state index in [4.69, 9.17) is 11.6 Å². The van der Waals surface area contributed by atoms with Gasteiger partial charge >= 0.3 is 0 Å². The van der Waals surface area contributed by atoms with Crippen LogP contribution < -0.4 is 10.2 Å². The first kappa shape index (κ1) is 16.0. The van der Waals surface area contributed by atoms with Crippen LogP contribution in [0.5, 0.6) is 0 Å². The molecule has 2 heterocycles. The molecule has 0 bridgehead atoms. The van der Waals surface area contributed by atoms with Gasteiger partial charge in [-0.2, -0.15) is 4.98 Å². The Labute approximate surface area is 135 Å². The van der Waals surface area contributed by atoms with Gasteiger partial charge in [0, 0.05) is 17.5 Å². The lowest BCUT2D eigenvalue weighted by atomic mass is 10.3. The van der Waals surface area contributed by atoms with Gasteiger partial charge in [0.15, 0.2) is 5.82 Å². The lowest BCUT2D eigenvalue weighted by molar-refractivity contribution is 0.676. The summed E-state index contributed by atoms with van der Waals surface area (Å²) in [5.41, 5.74) is 0. The van der Waals surface area contributed by atoms with Crippen molar-refractivity contribution in [1.82, 2.24) is 9.97 Å². The number of hydrogen-bond donors (Lipinski definition) is 1. The predicted octanol–water partition coefficient (Wildman–Crippen LogP) is 4.43. The Morgan fingerprint density at radius 3 is 2.86 bits per heavy atom. The number of hydrogen-bond acceptors (Lipinski definition) is 5. The molecule has 4 nitrogen and oxygen atoms in total. The minimum Gasteiger partial charge on any atom is -0.354 e. The topological polar surface area (TPSA) is 41.1 Å². The van der Waals surface area contributed by atoms with Gasteiger partial charge in [-0.3, -0.25) is 0 Å². The van der Waals surface area contributed by atoms with Crippen LogP contribution in [-0.4, -0.2) is 22.6 Å². The Hall–Kier alpha value is -1.33. The monoisotopic (exact) mass is 324 g/mol. The highest BCUT2D eigenvalue weighted by Gasteiger charge is 2.17. The largest absolute Gasteiger partial charge is 0.354 e. The van der Waals surface area contributed by atoms with Crippen LogP contribution >= 0.6 is 22.9 Å². The zero-order chi connectivity index (χ0) is 15.2. The summed E-state index contributed by atoms with van der Waals surface area (Å²) in [4.78, 5) is 12.3. The van der Waals surface area contributed by atoms with E-state index in [1.807, 2.05) is 0 Å². The van der Waals surface area contributed by atoms with Gasteiger partial charge in [-0.15, -0.1) is 11.3 Å². The van der Waals surface area contributed by atoms with Gasteiger partial charge < -0.3 is 10.2 Å². The molecule has 2 aromatic heterocycles. The molecule has 0 atom stereocenters. The van der Waals surface area contributed by atoms with Crippen LogP contribution in [0, 0.1) is 0 Å². The Morgan fingerprint density at radius 1 is 1.43 bits per heavy atom.